The maximum absolute atomic E-state index is 3.56. The molecule has 1 atom stereocenters. The van der Waals surface area contributed by atoms with Crippen LogP contribution in [0.1, 0.15) is 52.3 Å². The van der Waals surface area contributed by atoms with Crippen molar-refractivity contribution in [1.82, 2.24) is 10.2 Å². The largest absolute Gasteiger partial charge is 0.312 e. The maximum Gasteiger partial charge on any atom is 0.0330 e. The van der Waals surface area contributed by atoms with Gasteiger partial charge in [-0.3, -0.25) is 4.90 Å². The zero-order valence-corrected chi connectivity index (χ0v) is 14.0. The summed E-state index contributed by atoms with van der Waals surface area (Å²) in [5.74, 6) is 0. The number of nitrogens with one attached hydrogen (secondary N) is 1. The lowest BCUT2D eigenvalue weighted by atomic mass is 10.1. The van der Waals surface area contributed by atoms with E-state index in [4.69, 9.17) is 0 Å². The van der Waals surface area contributed by atoms with E-state index in [2.05, 4.69) is 62.3 Å². The summed E-state index contributed by atoms with van der Waals surface area (Å²) in [6.07, 6.45) is 2.52. The summed E-state index contributed by atoms with van der Waals surface area (Å²) in [5.41, 5.74) is 0.241. The number of nitrogens with zero attached hydrogens (tertiary/aromatic N) is 1. The first-order valence-electron chi connectivity index (χ1n) is 7.44. The summed E-state index contributed by atoms with van der Waals surface area (Å²) in [5, 5.41) is 5.73. The van der Waals surface area contributed by atoms with Crippen LogP contribution in [0.5, 0.6) is 0 Å². The predicted octanol–water partition coefficient (Wildman–Crippen LogP) is 4.13. The molecule has 3 heteroatoms. The molecule has 0 saturated carbocycles. The third kappa shape index (κ3) is 7.09. The van der Waals surface area contributed by atoms with Gasteiger partial charge < -0.3 is 5.32 Å². The van der Waals surface area contributed by atoms with Crippen molar-refractivity contribution in [2.24, 2.45) is 0 Å². The molecule has 0 aliphatic carbocycles. The molecule has 2 nitrogen and oxygen atoms in total. The molecule has 1 aromatic heterocycles. The van der Waals surface area contributed by atoms with Gasteiger partial charge in [-0.1, -0.05) is 13.0 Å². The lowest BCUT2D eigenvalue weighted by Crippen LogP contribution is -2.37. The second-order valence-corrected chi connectivity index (χ2v) is 7.34. The van der Waals surface area contributed by atoms with Gasteiger partial charge >= 0.3 is 0 Å². The molecule has 1 rings (SSSR count). The molecule has 0 aromatic carbocycles. The van der Waals surface area contributed by atoms with Crippen molar-refractivity contribution in [3.05, 3.63) is 22.4 Å². The van der Waals surface area contributed by atoms with Gasteiger partial charge in [0.2, 0.25) is 0 Å². The molecule has 0 amide bonds. The molecular formula is C16H30N2S. The van der Waals surface area contributed by atoms with Gasteiger partial charge in [-0.15, -0.1) is 11.3 Å². The Morgan fingerprint density at radius 1 is 1.37 bits per heavy atom. The molecule has 1 N–H and O–H groups in total. The number of rotatable bonds is 8. The Morgan fingerprint density at radius 2 is 2.11 bits per heavy atom. The van der Waals surface area contributed by atoms with Gasteiger partial charge in [-0.2, -0.15) is 0 Å². The van der Waals surface area contributed by atoms with Crippen molar-refractivity contribution in [2.45, 2.75) is 65.6 Å². The van der Waals surface area contributed by atoms with Crippen LogP contribution < -0.4 is 5.32 Å². The maximum atomic E-state index is 3.56. The van der Waals surface area contributed by atoms with Crippen molar-refractivity contribution < 1.29 is 0 Å². The summed E-state index contributed by atoms with van der Waals surface area (Å²) < 4.78 is 0. The highest BCUT2D eigenvalue weighted by Gasteiger charge is 2.13. The molecule has 0 aliphatic rings. The first-order valence-corrected chi connectivity index (χ1v) is 8.32. The monoisotopic (exact) mass is 282 g/mol. The highest BCUT2D eigenvalue weighted by Crippen LogP contribution is 2.15. The van der Waals surface area contributed by atoms with Crippen LogP contribution in [0.25, 0.3) is 0 Å². The van der Waals surface area contributed by atoms with Crippen LogP contribution in [0, 0.1) is 0 Å². The Hall–Kier alpha value is -0.380. The lowest BCUT2D eigenvalue weighted by molar-refractivity contribution is 0.199. The Balaban J connectivity index is 2.27. The average molecular weight is 282 g/mol. The summed E-state index contributed by atoms with van der Waals surface area (Å²) >= 11 is 1.86. The average Bonchev–Trinajstić information content (AvgIpc) is 2.83. The fourth-order valence-corrected chi connectivity index (χ4v) is 2.95. The van der Waals surface area contributed by atoms with Crippen LogP contribution >= 0.6 is 11.3 Å². The number of hydrogen-bond donors (Lipinski definition) is 1. The van der Waals surface area contributed by atoms with Crippen molar-refractivity contribution in [1.29, 1.82) is 0 Å². The van der Waals surface area contributed by atoms with Crippen molar-refractivity contribution in [3.63, 3.8) is 0 Å². The minimum absolute atomic E-state index is 0.241. The molecular weight excluding hydrogens is 252 g/mol. The Labute approximate surface area is 123 Å². The fourth-order valence-electron chi connectivity index (χ4n) is 2.23. The summed E-state index contributed by atoms with van der Waals surface area (Å²) in [7, 11) is 0. The molecule has 0 fully saturated rings. The van der Waals surface area contributed by atoms with E-state index in [0.717, 1.165) is 19.6 Å². The molecule has 110 valence electrons. The van der Waals surface area contributed by atoms with Crippen LogP contribution in [0.4, 0.5) is 0 Å². The second kappa shape index (κ2) is 8.03. The highest BCUT2D eigenvalue weighted by molar-refractivity contribution is 7.09. The van der Waals surface area contributed by atoms with Gasteiger partial charge in [0, 0.05) is 23.0 Å². The molecule has 1 heterocycles. The first-order chi connectivity index (χ1) is 8.92. The minimum Gasteiger partial charge on any atom is -0.312 e. The Morgan fingerprint density at radius 3 is 2.63 bits per heavy atom. The molecule has 0 bridgehead atoms. The van der Waals surface area contributed by atoms with Gasteiger partial charge in [0.1, 0.15) is 0 Å². The van der Waals surface area contributed by atoms with E-state index in [1.807, 2.05) is 11.3 Å². The molecule has 0 aliphatic heterocycles. The van der Waals surface area contributed by atoms with Crippen molar-refractivity contribution in [2.75, 3.05) is 13.1 Å². The summed E-state index contributed by atoms with van der Waals surface area (Å²) in [4.78, 5) is 4.05. The fraction of sp³-hybridized carbons (Fsp3) is 0.750. The summed E-state index contributed by atoms with van der Waals surface area (Å²) in [6, 6.07) is 5.04. The van der Waals surface area contributed by atoms with Gasteiger partial charge in [0.05, 0.1) is 0 Å². The third-order valence-electron chi connectivity index (χ3n) is 3.42. The van der Waals surface area contributed by atoms with Crippen LogP contribution in [0.15, 0.2) is 17.5 Å². The number of hydrogen-bond acceptors (Lipinski definition) is 3. The van der Waals surface area contributed by atoms with E-state index < -0.39 is 0 Å². The first kappa shape index (κ1) is 16.7. The topological polar surface area (TPSA) is 15.3 Å². The van der Waals surface area contributed by atoms with Gasteiger partial charge in [-0.25, -0.2) is 0 Å². The standard InChI is InChI=1S/C16H30N2S/c1-6-18(13-15-10-8-12-19-15)14(2)9-7-11-17-16(3,4)5/h8,10,12,14,17H,6-7,9,11,13H2,1-5H3. The van der Waals surface area contributed by atoms with E-state index in [-0.39, 0.29) is 5.54 Å². The van der Waals surface area contributed by atoms with Crippen molar-refractivity contribution in [3.8, 4) is 0 Å². The molecule has 0 spiro atoms. The molecule has 0 radical (unpaired) electrons. The molecule has 1 aromatic rings. The third-order valence-corrected chi connectivity index (χ3v) is 4.28. The zero-order valence-electron chi connectivity index (χ0n) is 13.2. The SMILES string of the molecule is CCN(Cc1cccs1)C(C)CCCNC(C)(C)C. The van der Waals surface area contributed by atoms with E-state index in [1.165, 1.54) is 17.7 Å². The normalized spacial score (nSPS) is 14.0. The van der Waals surface area contributed by atoms with Crippen LogP contribution in [-0.2, 0) is 6.54 Å². The molecule has 0 saturated heterocycles. The molecule has 19 heavy (non-hydrogen) atoms. The van der Waals surface area contributed by atoms with Crippen LogP contribution in [0.3, 0.4) is 0 Å². The number of thiophene rings is 1. The predicted molar refractivity (Wildman–Crippen MR) is 86.9 cm³/mol. The van der Waals surface area contributed by atoms with E-state index in [9.17, 15) is 0 Å². The highest BCUT2D eigenvalue weighted by atomic mass is 32.1. The van der Waals surface area contributed by atoms with E-state index in [1.54, 1.807) is 0 Å². The van der Waals surface area contributed by atoms with Gasteiger partial charge in [0.15, 0.2) is 0 Å². The zero-order chi connectivity index (χ0) is 14.3. The van der Waals surface area contributed by atoms with E-state index >= 15 is 0 Å². The van der Waals surface area contributed by atoms with Crippen LogP contribution in [0.2, 0.25) is 0 Å². The smallest absolute Gasteiger partial charge is 0.0330 e. The van der Waals surface area contributed by atoms with Crippen LogP contribution in [-0.4, -0.2) is 29.6 Å². The van der Waals surface area contributed by atoms with E-state index in [0.29, 0.717) is 6.04 Å². The quantitative estimate of drug-likeness (QED) is 0.721. The Kier molecular flexibility index (Phi) is 7.05. The molecule has 1 unspecified atom stereocenters. The minimum atomic E-state index is 0.241. The Bertz CT molecular complexity index is 327. The lowest BCUT2D eigenvalue weighted by Gasteiger charge is -2.28. The summed E-state index contributed by atoms with van der Waals surface area (Å²) in [6.45, 7) is 14.6. The second-order valence-electron chi connectivity index (χ2n) is 6.31. The van der Waals surface area contributed by atoms with Crippen molar-refractivity contribution >= 4 is 11.3 Å². The van der Waals surface area contributed by atoms with Gasteiger partial charge in [-0.05, 0) is 65.1 Å². The van der Waals surface area contributed by atoms with Gasteiger partial charge in [0.25, 0.3) is 0 Å².